The number of carbonyl (C=O) groups excluding carboxylic acids is 6. The van der Waals surface area contributed by atoms with Gasteiger partial charge in [-0.3, -0.25) is 0 Å². The molecule has 0 aliphatic carbocycles. The van der Waals surface area contributed by atoms with Gasteiger partial charge < -0.3 is 54.2 Å². The second kappa shape index (κ2) is 51.2. The zero-order chi connectivity index (χ0) is 33.8. The number of esters is 1. The Morgan fingerprint density at radius 2 is 0.733 bits per heavy atom. The minimum atomic E-state index is -1.19. The van der Waals surface area contributed by atoms with Crippen molar-refractivity contribution in [2.75, 3.05) is 6.61 Å². The number of nitriles is 1. The molecular formula is C27H34BaKMgNNaO12Zn+3. The molecule has 13 nitrogen and oxygen atoms in total. The molecule has 0 aromatic carbocycles. The van der Waals surface area contributed by atoms with E-state index in [9.17, 15) is 54.3 Å². The maximum Gasteiger partial charge on any atom is 2.00 e. The van der Waals surface area contributed by atoms with Crippen molar-refractivity contribution >= 4 is 108 Å². The molecule has 45 heavy (non-hydrogen) atoms. The smallest absolute Gasteiger partial charge is 0.545 e. The van der Waals surface area contributed by atoms with E-state index in [1.807, 2.05) is 6.07 Å². The number of ether oxygens (including phenoxy) is 1. The summed E-state index contributed by atoms with van der Waals surface area (Å²) < 4.78 is 4.58. The van der Waals surface area contributed by atoms with E-state index in [-0.39, 0.29) is 213 Å². The Labute approximate surface area is 399 Å². The molecule has 0 fully saturated rings. The van der Waals surface area contributed by atoms with Gasteiger partial charge in [-0.25, -0.2) is 4.79 Å². The fraction of sp³-hybridized carbons (Fsp3) is 0.296. The Morgan fingerprint density at radius 1 is 0.578 bits per heavy atom. The first-order chi connectivity index (χ1) is 17.9. The van der Waals surface area contributed by atoms with E-state index in [0.29, 0.717) is 5.57 Å². The molecule has 0 aliphatic heterocycles. The minimum absolute atomic E-state index is 0. The largest absolute Gasteiger partial charge is 2.00 e. The third kappa shape index (κ3) is 92.3. The van der Waals surface area contributed by atoms with E-state index in [2.05, 4.69) is 44.2 Å². The second-order valence-corrected chi connectivity index (χ2v) is 7.16. The summed E-state index contributed by atoms with van der Waals surface area (Å²) in [4.78, 5) is 58.0. The Bertz CT molecular complexity index is 846. The van der Waals surface area contributed by atoms with Gasteiger partial charge in [0.25, 0.3) is 0 Å². The van der Waals surface area contributed by atoms with Crippen LogP contribution in [-0.2, 0) is 53.0 Å². The SMILES string of the molecule is C=C(C)C(=O)OCCC#N.C=C(C)C(=O)[O-].C=C(C)C(=O)[O-].C=C(C)C(=O)[O-].C=C(C)C(=O)[O-].C=C(C)C(=O)[O-].[Ba+2].[K+].[Mg+2].[Na+].[Zn+2]. The molecule has 224 valence electrons. The van der Waals surface area contributed by atoms with Gasteiger partial charge >= 0.3 is 178 Å². The van der Waals surface area contributed by atoms with E-state index in [0.717, 1.165) is 0 Å². The third-order valence-electron chi connectivity index (χ3n) is 2.54. The first kappa shape index (κ1) is 75.6. The Balaban J connectivity index is -0.0000000339. The molecule has 0 saturated carbocycles. The van der Waals surface area contributed by atoms with Gasteiger partial charge in [-0.2, -0.15) is 5.26 Å². The second-order valence-electron chi connectivity index (χ2n) is 7.16. The first-order valence-electron chi connectivity index (χ1n) is 10.4. The maximum atomic E-state index is 10.6. The normalized spacial score (nSPS) is 6.78. The number of rotatable bonds is 8. The van der Waals surface area contributed by atoms with Gasteiger partial charge in [0.2, 0.25) is 0 Å². The Morgan fingerprint density at radius 3 is 0.822 bits per heavy atom. The molecular weight excluding hydrogens is 819 g/mol. The molecule has 0 N–H and O–H groups in total. The Hall–Kier alpha value is 0.347. The molecule has 0 bridgehead atoms. The molecule has 0 saturated heterocycles. The van der Waals surface area contributed by atoms with Gasteiger partial charge in [0.05, 0.1) is 42.3 Å². The zero-order valence-electron chi connectivity index (χ0n) is 27.6. The number of carbonyl (C=O) groups is 6. The summed E-state index contributed by atoms with van der Waals surface area (Å²) >= 11 is 0. The standard InChI is InChI=1S/C7H9NO2.5C4H6O2.Ba.K.Mg.Na.Zn/c1-6(2)7(9)10-5-3-4-8;5*1-3(2)4(5)6;;;;;/h1,3,5H2,2H3;5*1H2,2H3,(H,5,6);;;;;/q;;;;;;+2;+1;+2;+1;+2/p-5. The van der Waals surface area contributed by atoms with E-state index >= 15 is 0 Å². The molecule has 0 spiro atoms. The van der Waals surface area contributed by atoms with Crippen molar-refractivity contribution in [3.05, 3.63) is 72.9 Å². The van der Waals surface area contributed by atoms with Crippen LogP contribution in [0.5, 0.6) is 0 Å². The molecule has 18 heteroatoms. The van der Waals surface area contributed by atoms with Crippen LogP contribution in [0.1, 0.15) is 48.0 Å². The van der Waals surface area contributed by atoms with E-state index in [1.165, 1.54) is 34.6 Å². The summed E-state index contributed by atoms with van der Waals surface area (Å²) in [7, 11) is 0. The van der Waals surface area contributed by atoms with Crippen molar-refractivity contribution in [1.29, 1.82) is 5.26 Å². The molecule has 0 amide bonds. The summed E-state index contributed by atoms with van der Waals surface area (Å²) in [5.41, 5.74) is 0.683. The maximum absolute atomic E-state index is 10.6. The summed E-state index contributed by atoms with van der Waals surface area (Å²) in [6.45, 7) is 27.5. The number of nitrogens with zero attached hydrogens (tertiary/aromatic N) is 1. The van der Waals surface area contributed by atoms with Gasteiger partial charge in [-0.1, -0.05) is 39.5 Å². The van der Waals surface area contributed by atoms with Crippen LogP contribution in [0.2, 0.25) is 0 Å². The molecule has 0 aromatic heterocycles. The number of aliphatic carboxylic acids is 5. The predicted molar refractivity (Wildman–Crippen MR) is 147 cm³/mol. The van der Waals surface area contributed by atoms with Crippen LogP contribution in [0.3, 0.4) is 0 Å². The topological polar surface area (TPSA) is 251 Å². The van der Waals surface area contributed by atoms with Crippen molar-refractivity contribution in [2.24, 2.45) is 0 Å². The Kier molecular flexibility index (Phi) is 86.0. The van der Waals surface area contributed by atoms with Crippen LogP contribution >= 0.6 is 0 Å². The van der Waals surface area contributed by atoms with E-state index in [1.54, 1.807) is 6.92 Å². The van der Waals surface area contributed by atoms with Crippen LogP contribution in [-0.4, -0.2) is 114 Å². The van der Waals surface area contributed by atoms with Gasteiger partial charge in [-0.05, 0) is 69.4 Å². The van der Waals surface area contributed by atoms with Crippen molar-refractivity contribution in [3.8, 4) is 6.07 Å². The predicted octanol–water partition coefficient (Wildman–Crippen LogP) is -9.17. The van der Waals surface area contributed by atoms with Crippen LogP contribution in [0.4, 0.5) is 0 Å². The molecule has 0 radical (unpaired) electrons. The average molecular weight is 854 g/mol. The molecule has 0 unspecified atom stereocenters. The number of carboxylic acid groups (broad SMARTS) is 5. The first-order valence-corrected chi connectivity index (χ1v) is 10.4. The monoisotopic (exact) mass is 852 g/mol. The molecule has 0 aliphatic rings. The number of hydrogen-bond donors (Lipinski definition) is 0. The van der Waals surface area contributed by atoms with Crippen LogP contribution in [0.25, 0.3) is 0 Å². The summed E-state index contributed by atoms with van der Waals surface area (Å²) in [5.74, 6) is -6.36. The van der Waals surface area contributed by atoms with Crippen molar-refractivity contribution in [3.63, 3.8) is 0 Å². The number of hydrogen-bond acceptors (Lipinski definition) is 13. The fourth-order valence-electron chi connectivity index (χ4n) is 0.313. The quantitative estimate of drug-likeness (QED) is 0.0954. The van der Waals surface area contributed by atoms with Gasteiger partial charge in [0.15, 0.2) is 0 Å². The van der Waals surface area contributed by atoms with Gasteiger partial charge in [0.1, 0.15) is 6.61 Å². The van der Waals surface area contributed by atoms with E-state index < -0.39 is 35.8 Å². The summed E-state index contributed by atoms with van der Waals surface area (Å²) in [6.07, 6.45) is 0.235. The number of carboxylic acids is 5. The fourth-order valence-corrected chi connectivity index (χ4v) is 0.313. The zero-order valence-corrected chi connectivity index (χ0v) is 41.6. The molecule has 0 aromatic rings. The molecule has 0 rings (SSSR count). The third-order valence-corrected chi connectivity index (χ3v) is 2.54. The van der Waals surface area contributed by atoms with Crippen LogP contribution < -0.4 is 106 Å². The van der Waals surface area contributed by atoms with Gasteiger partial charge in [-0.15, -0.1) is 0 Å². The summed E-state index contributed by atoms with van der Waals surface area (Å²) in [6, 6.07) is 1.86. The van der Waals surface area contributed by atoms with Crippen molar-refractivity contribution in [1.82, 2.24) is 0 Å². The molecule has 0 heterocycles. The summed E-state index contributed by atoms with van der Waals surface area (Å²) in [5, 5.41) is 55.5. The van der Waals surface area contributed by atoms with Crippen LogP contribution in [0.15, 0.2) is 72.9 Å². The van der Waals surface area contributed by atoms with Crippen molar-refractivity contribution in [2.45, 2.75) is 48.0 Å². The minimum Gasteiger partial charge on any atom is -0.545 e. The van der Waals surface area contributed by atoms with E-state index in [4.69, 9.17) is 5.26 Å². The molecule has 0 atom stereocenters. The van der Waals surface area contributed by atoms with Crippen molar-refractivity contribution < 1.29 is 159 Å². The van der Waals surface area contributed by atoms with Gasteiger partial charge in [0, 0.05) is 5.57 Å². The van der Waals surface area contributed by atoms with Crippen LogP contribution in [0, 0.1) is 11.3 Å². The average Bonchev–Trinajstić information content (AvgIpc) is 2.80.